The van der Waals surface area contributed by atoms with Gasteiger partial charge in [0.2, 0.25) is 0 Å². The summed E-state index contributed by atoms with van der Waals surface area (Å²) >= 11 is 0. The van der Waals surface area contributed by atoms with Gasteiger partial charge in [0.15, 0.2) is 0 Å². The number of phenolic OH excluding ortho intramolecular Hbond substituents is 1. The first kappa shape index (κ1) is 12.2. The summed E-state index contributed by atoms with van der Waals surface area (Å²) in [5.74, 6) is 0.0834. The molecule has 2 N–H and O–H groups in total. The Morgan fingerprint density at radius 3 is 2.61 bits per heavy atom. The summed E-state index contributed by atoms with van der Waals surface area (Å²) in [5.41, 5.74) is 2.89. The molecule has 1 aromatic carbocycles. The zero-order valence-electron chi connectivity index (χ0n) is 10.7. The van der Waals surface area contributed by atoms with Gasteiger partial charge in [-0.15, -0.1) is 0 Å². The van der Waals surface area contributed by atoms with Crippen LogP contribution in [0, 0.1) is 13.8 Å². The lowest BCUT2D eigenvalue weighted by atomic mass is 10.1. The molecular weight excluding hydrogens is 228 g/mol. The predicted octanol–water partition coefficient (Wildman–Crippen LogP) is 2.60. The molecule has 0 saturated heterocycles. The molecule has 1 aromatic heterocycles. The molecule has 2 rings (SSSR count). The zero-order valence-corrected chi connectivity index (χ0v) is 10.7. The normalized spacial score (nSPS) is 10.4. The fourth-order valence-electron chi connectivity index (χ4n) is 1.82. The van der Waals surface area contributed by atoms with E-state index in [2.05, 4.69) is 5.32 Å². The lowest BCUT2D eigenvalue weighted by Crippen LogP contribution is -2.16. The average Bonchev–Trinajstić information content (AvgIpc) is 2.72. The van der Waals surface area contributed by atoms with Gasteiger partial charge in [0.1, 0.15) is 11.4 Å². The molecule has 0 aliphatic rings. The molecule has 1 heterocycles. The molecule has 1 amide bonds. The van der Waals surface area contributed by atoms with Crippen molar-refractivity contribution in [1.29, 1.82) is 0 Å². The third-order valence-corrected chi connectivity index (χ3v) is 2.97. The van der Waals surface area contributed by atoms with Crippen molar-refractivity contribution in [2.24, 2.45) is 7.05 Å². The van der Waals surface area contributed by atoms with Gasteiger partial charge < -0.3 is 15.0 Å². The van der Waals surface area contributed by atoms with Crippen LogP contribution in [0.3, 0.4) is 0 Å². The highest BCUT2D eigenvalue weighted by Gasteiger charge is 2.11. The number of hydrogen-bond donors (Lipinski definition) is 2. The second-order valence-electron chi connectivity index (χ2n) is 4.41. The van der Waals surface area contributed by atoms with E-state index in [-0.39, 0.29) is 11.7 Å². The number of nitrogens with zero attached hydrogens (tertiary/aromatic N) is 1. The molecule has 0 radical (unpaired) electrons. The van der Waals surface area contributed by atoms with E-state index in [1.165, 1.54) is 0 Å². The Kier molecular flexibility index (Phi) is 3.10. The van der Waals surface area contributed by atoms with Crippen LogP contribution in [0.5, 0.6) is 5.75 Å². The van der Waals surface area contributed by atoms with Crippen LogP contribution >= 0.6 is 0 Å². The van der Waals surface area contributed by atoms with Gasteiger partial charge in [0.05, 0.1) is 0 Å². The fourth-order valence-corrected chi connectivity index (χ4v) is 1.82. The van der Waals surface area contributed by atoms with Crippen molar-refractivity contribution in [3.63, 3.8) is 0 Å². The number of nitrogens with one attached hydrogen (secondary N) is 1. The lowest BCUT2D eigenvalue weighted by molar-refractivity contribution is 0.101. The van der Waals surface area contributed by atoms with Crippen molar-refractivity contribution in [2.75, 3.05) is 5.32 Å². The van der Waals surface area contributed by atoms with E-state index in [9.17, 15) is 9.90 Å². The zero-order chi connectivity index (χ0) is 13.3. The summed E-state index contributed by atoms with van der Waals surface area (Å²) in [6, 6.07) is 7.00. The van der Waals surface area contributed by atoms with Crippen molar-refractivity contribution in [3.8, 4) is 5.75 Å². The topological polar surface area (TPSA) is 54.3 Å². The minimum atomic E-state index is -0.157. The van der Waals surface area contributed by atoms with Crippen LogP contribution < -0.4 is 5.32 Å². The highest BCUT2D eigenvalue weighted by molar-refractivity contribution is 6.03. The number of rotatable bonds is 2. The smallest absolute Gasteiger partial charge is 0.272 e. The molecule has 0 atom stereocenters. The first-order chi connectivity index (χ1) is 8.49. The van der Waals surface area contributed by atoms with Gasteiger partial charge >= 0.3 is 0 Å². The number of aromatic nitrogens is 1. The van der Waals surface area contributed by atoms with Crippen LogP contribution in [0.15, 0.2) is 30.5 Å². The van der Waals surface area contributed by atoms with Crippen LogP contribution in [-0.2, 0) is 7.05 Å². The van der Waals surface area contributed by atoms with Crippen LogP contribution in [-0.4, -0.2) is 15.6 Å². The maximum Gasteiger partial charge on any atom is 0.272 e. The SMILES string of the molecule is Cc1cc(NC(=O)c2cccn2C)c(C)cc1O. The molecular formula is C14H16N2O2. The van der Waals surface area contributed by atoms with Crippen LogP contribution in [0.4, 0.5) is 5.69 Å². The van der Waals surface area contributed by atoms with E-state index in [1.54, 1.807) is 29.7 Å². The standard InChI is InChI=1S/C14H16N2O2/c1-9-8-13(17)10(2)7-11(9)15-14(18)12-5-4-6-16(12)3/h4-8,17H,1-3H3,(H,15,18). The molecule has 4 nitrogen and oxygen atoms in total. The van der Waals surface area contributed by atoms with Crippen molar-refractivity contribution in [2.45, 2.75) is 13.8 Å². The van der Waals surface area contributed by atoms with E-state index in [0.29, 0.717) is 5.69 Å². The molecule has 94 valence electrons. The second-order valence-corrected chi connectivity index (χ2v) is 4.41. The third-order valence-electron chi connectivity index (χ3n) is 2.97. The summed E-state index contributed by atoms with van der Waals surface area (Å²) in [6.07, 6.45) is 1.82. The molecule has 2 aromatic rings. The molecule has 0 bridgehead atoms. The Bertz CT molecular complexity index is 600. The molecule has 18 heavy (non-hydrogen) atoms. The number of amides is 1. The maximum absolute atomic E-state index is 12.1. The number of aromatic hydroxyl groups is 1. The predicted molar refractivity (Wildman–Crippen MR) is 70.9 cm³/mol. The molecule has 0 unspecified atom stereocenters. The van der Waals surface area contributed by atoms with Crippen LogP contribution in [0.25, 0.3) is 0 Å². The summed E-state index contributed by atoms with van der Waals surface area (Å²) in [7, 11) is 1.82. The third kappa shape index (κ3) is 2.22. The number of hydrogen-bond acceptors (Lipinski definition) is 2. The van der Waals surface area contributed by atoms with Crippen molar-refractivity contribution < 1.29 is 9.90 Å². The second kappa shape index (κ2) is 4.56. The van der Waals surface area contributed by atoms with Gasteiger partial charge in [-0.2, -0.15) is 0 Å². The largest absolute Gasteiger partial charge is 0.508 e. The number of phenols is 1. The van der Waals surface area contributed by atoms with Gasteiger partial charge in [0, 0.05) is 18.9 Å². The van der Waals surface area contributed by atoms with Gasteiger partial charge in [0.25, 0.3) is 5.91 Å². The van der Waals surface area contributed by atoms with Crippen molar-refractivity contribution >= 4 is 11.6 Å². The Labute approximate surface area is 106 Å². The lowest BCUT2D eigenvalue weighted by Gasteiger charge is -2.11. The summed E-state index contributed by atoms with van der Waals surface area (Å²) in [6.45, 7) is 3.65. The number of anilines is 1. The summed E-state index contributed by atoms with van der Waals surface area (Å²) < 4.78 is 1.76. The van der Waals surface area contributed by atoms with Crippen LogP contribution in [0.2, 0.25) is 0 Å². The first-order valence-corrected chi connectivity index (χ1v) is 5.72. The highest BCUT2D eigenvalue weighted by atomic mass is 16.3. The van der Waals surface area contributed by atoms with Gasteiger partial charge in [-0.25, -0.2) is 0 Å². The molecule has 4 heteroatoms. The van der Waals surface area contributed by atoms with Gasteiger partial charge in [-0.05, 0) is 49.2 Å². The molecule has 0 aliphatic heterocycles. The molecule has 0 saturated carbocycles. The van der Waals surface area contributed by atoms with E-state index >= 15 is 0 Å². The summed E-state index contributed by atoms with van der Waals surface area (Å²) in [5, 5.41) is 12.4. The number of aryl methyl sites for hydroxylation is 3. The number of carbonyl (C=O) groups excluding carboxylic acids is 1. The van der Waals surface area contributed by atoms with E-state index < -0.39 is 0 Å². The Balaban J connectivity index is 2.28. The van der Waals surface area contributed by atoms with Crippen molar-refractivity contribution in [1.82, 2.24) is 4.57 Å². The minimum Gasteiger partial charge on any atom is -0.508 e. The minimum absolute atomic E-state index is 0.157. The summed E-state index contributed by atoms with van der Waals surface area (Å²) in [4.78, 5) is 12.1. The average molecular weight is 244 g/mol. The monoisotopic (exact) mass is 244 g/mol. The fraction of sp³-hybridized carbons (Fsp3) is 0.214. The van der Waals surface area contributed by atoms with E-state index in [4.69, 9.17) is 0 Å². The maximum atomic E-state index is 12.1. The van der Waals surface area contributed by atoms with E-state index in [0.717, 1.165) is 16.8 Å². The molecule has 0 fully saturated rings. The number of benzene rings is 1. The Hall–Kier alpha value is -2.23. The van der Waals surface area contributed by atoms with E-state index in [1.807, 2.05) is 26.2 Å². The van der Waals surface area contributed by atoms with Gasteiger partial charge in [-0.1, -0.05) is 0 Å². The number of carbonyl (C=O) groups is 1. The Morgan fingerprint density at radius 1 is 1.28 bits per heavy atom. The van der Waals surface area contributed by atoms with Gasteiger partial charge in [-0.3, -0.25) is 4.79 Å². The van der Waals surface area contributed by atoms with Crippen LogP contribution in [0.1, 0.15) is 21.6 Å². The highest BCUT2D eigenvalue weighted by Crippen LogP contribution is 2.25. The molecule has 0 aliphatic carbocycles. The quantitative estimate of drug-likeness (QED) is 0.798. The van der Waals surface area contributed by atoms with Crippen molar-refractivity contribution in [3.05, 3.63) is 47.3 Å². The molecule has 0 spiro atoms. The first-order valence-electron chi connectivity index (χ1n) is 5.72. The Morgan fingerprint density at radius 2 is 2.00 bits per heavy atom.